The van der Waals surface area contributed by atoms with Gasteiger partial charge in [-0.3, -0.25) is 4.90 Å². The molecule has 2 heterocycles. The first kappa shape index (κ1) is 17.1. The van der Waals surface area contributed by atoms with E-state index in [4.69, 9.17) is 16.3 Å². The van der Waals surface area contributed by atoms with Gasteiger partial charge in [-0.2, -0.15) is 0 Å². The summed E-state index contributed by atoms with van der Waals surface area (Å²) >= 11 is 6.01. The minimum absolute atomic E-state index is 0.435. The lowest BCUT2D eigenvalue weighted by atomic mass is 10.00. The van der Waals surface area contributed by atoms with Crippen LogP contribution in [0.15, 0.2) is 30.3 Å². The first-order chi connectivity index (χ1) is 11.7. The van der Waals surface area contributed by atoms with Crippen molar-refractivity contribution in [1.82, 2.24) is 14.9 Å². The van der Waals surface area contributed by atoms with E-state index in [0.29, 0.717) is 17.7 Å². The lowest BCUT2D eigenvalue weighted by Crippen LogP contribution is -2.32. The van der Waals surface area contributed by atoms with Gasteiger partial charge in [0.15, 0.2) is 0 Å². The van der Waals surface area contributed by atoms with Crippen LogP contribution in [0.3, 0.4) is 0 Å². The topological polar surface area (TPSA) is 50.3 Å². The van der Waals surface area contributed by atoms with Crippen LogP contribution in [-0.4, -0.2) is 41.6 Å². The number of nitrogens with zero attached hydrogens (tertiary/aromatic N) is 3. The summed E-state index contributed by atoms with van der Waals surface area (Å²) in [5.74, 6) is 0.568. The largest absolute Gasteiger partial charge is 0.378 e. The summed E-state index contributed by atoms with van der Waals surface area (Å²) in [6, 6.07) is 10.4. The Hall–Kier alpha value is -1.69. The molecular formula is C18H23ClN4O. The van der Waals surface area contributed by atoms with E-state index in [9.17, 15) is 0 Å². The SMILES string of the molecule is COCc1cc(Cl)nc(NCCCN2CCc3ccccc3C2)n1. The van der Waals surface area contributed by atoms with Gasteiger partial charge in [-0.05, 0) is 30.0 Å². The predicted molar refractivity (Wildman–Crippen MR) is 96.3 cm³/mol. The van der Waals surface area contributed by atoms with Gasteiger partial charge in [-0.1, -0.05) is 35.9 Å². The molecule has 0 radical (unpaired) electrons. The van der Waals surface area contributed by atoms with Crippen LogP contribution in [0.5, 0.6) is 0 Å². The second kappa shape index (κ2) is 8.42. The molecule has 2 aromatic rings. The van der Waals surface area contributed by atoms with Gasteiger partial charge in [0, 0.05) is 33.3 Å². The van der Waals surface area contributed by atoms with Crippen LogP contribution in [0, 0.1) is 0 Å². The van der Waals surface area contributed by atoms with E-state index < -0.39 is 0 Å². The van der Waals surface area contributed by atoms with Crippen LogP contribution in [0.1, 0.15) is 23.2 Å². The van der Waals surface area contributed by atoms with E-state index in [0.717, 1.165) is 44.7 Å². The first-order valence-corrected chi connectivity index (χ1v) is 8.68. The maximum atomic E-state index is 6.01. The third-order valence-corrected chi connectivity index (χ3v) is 4.38. The van der Waals surface area contributed by atoms with Crippen molar-refractivity contribution in [2.24, 2.45) is 0 Å². The highest BCUT2D eigenvalue weighted by Gasteiger charge is 2.14. The van der Waals surface area contributed by atoms with Gasteiger partial charge in [0.2, 0.25) is 5.95 Å². The smallest absolute Gasteiger partial charge is 0.224 e. The molecule has 0 unspecified atom stereocenters. The van der Waals surface area contributed by atoms with Gasteiger partial charge in [-0.25, -0.2) is 9.97 Å². The third kappa shape index (κ3) is 4.66. The molecule has 1 aliphatic heterocycles. The minimum Gasteiger partial charge on any atom is -0.378 e. The first-order valence-electron chi connectivity index (χ1n) is 8.30. The van der Waals surface area contributed by atoms with Gasteiger partial charge in [0.05, 0.1) is 12.3 Å². The van der Waals surface area contributed by atoms with Crippen molar-refractivity contribution in [1.29, 1.82) is 0 Å². The summed E-state index contributed by atoms with van der Waals surface area (Å²) in [4.78, 5) is 11.1. The van der Waals surface area contributed by atoms with Crippen LogP contribution in [-0.2, 0) is 24.3 Å². The summed E-state index contributed by atoms with van der Waals surface area (Å²) in [7, 11) is 1.64. The molecule has 6 heteroatoms. The number of hydrogen-bond acceptors (Lipinski definition) is 5. The van der Waals surface area contributed by atoms with E-state index in [2.05, 4.69) is 44.5 Å². The van der Waals surface area contributed by atoms with Crippen molar-refractivity contribution in [2.45, 2.75) is 26.0 Å². The van der Waals surface area contributed by atoms with E-state index in [1.165, 1.54) is 11.1 Å². The Bertz CT molecular complexity index is 680. The van der Waals surface area contributed by atoms with Crippen LogP contribution in [0.4, 0.5) is 5.95 Å². The van der Waals surface area contributed by atoms with Crippen LogP contribution in [0.25, 0.3) is 0 Å². The third-order valence-electron chi connectivity index (χ3n) is 4.18. The normalized spacial score (nSPS) is 14.4. The maximum Gasteiger partial charge on any atom is 0.224 e. The summed E-state index contributed by atoms with van der Waals surface area (Å²) in [6.07, 6.45) is 2.18. The molecule has 0 bridgehead atoms. The lowest BCUT2D eigenvalue weighted by Gasteiger charge is -2.28. The van der Waals surface area contributed by atoms with Crippen molar-refractivity contribution in [3.05, 3.63) is 52.3 Å². The fourth-order valence-corrected chi connectivity index (χ4v) is 3.22. The second-order valence-electron chi connectivity index (χ2n) is 6.01. The molecule has 0 saturated heterocycles. The zero-order valence-electron chi connectivity index (χ0n) is 14.0. The molecule has 0 aliphatic carbocycles. The number of benzene rings is 1. The summed E-state index contributed by atoms with van der Waals surface area (Å²) in [5, 5.41) is 3.69. The highest BCUT2D eigenvalue weighted by atomic mass is 35.5. The number of ether oxygens (including phenoxy) is 1. The van der Waals surface area contributed by atoms with Crippen molar-refractivity contribution in [2.75, 3.05) is 32.1 Å². The van der Waals surface area contributed by atoms with Gasteiger partial charge in [0.1, 0.15) is 5.15 Å². The van der Waals surface area contributed by atoms with Crippen LogP contribution in [0.2, 0.25) is 5.15 Å². The quantitative estimate of drug-likeness (QED) is 0.616. The lowest BCUT2D eigenvalue weighted by molar-refractivity contribution is 0.181. The van der Waals surface area contributed by atoms with Gasteiger partial charge in [-0.15, -0.1) is 0 Å². The van der Waals surface area contributed by atoms with E-state index in [1.54, 1.807) is 13.2 Å². The fraction of sp³-hybridized carbons (Fsp3) is 0.444. The Morgan fingerprint density at radius 3 is 2.92 bits per heavy atom. The van der Waals surface area contributed by atoms with Gasteiger partial charge >= 0.3 is 0 Å². The molecule has 0 spiro atoms. The van der Waals surface area contributed by atoms with Crippen molar-refractivity contribution in [3.8, 4) is 0 Å². The molecule has 3 rings (SSSR count). The van der Waals surface area contributed by atoms with Crippen molar-refractivity contribution >= 4 is 17.5 Å². The Kier molecular flexibility index (Phi) is 6.01. The molecule has 1 aliphatic rings. The number of rotatable bonds is 7. The van der Waals surface area contributed by atoms with E-state index in [1.807, 2.05) is 0 Å². The maximum absolute atomic E-state index is 6.01. The number of hydrogen-bond donors (Lipinski definition) is 1. The molecular weight excluding hydrogens is 324 g/mol. The average Bonchev–Trinajstić information content (AvgIpc) is 2.58. The molecule has 0 amide bonds. The summed E-state index contributed by atoms with van der Waals surface area (Å²) in [5.41, 5.74) is 3.73. The standard InChI is InChI=1S/C18H23ClN4O/c1-24-13-16-11-17(19)22-18(21-16)20-8-4-9-23-10-7-14-5-2-3-6-15(14)12-23/h2-3,5-6,11H,4,7-10,12-13H2,1H3,(H,20,21,22). The number of nitrogens with one attached hydrogen (secondary N) is 1. The molecule has 1 aromatic heterocycles. The minimum atomic E-state index is 0.435. The van der Waals surface area contributed by atoms with Crippen LogP contribution >= 0.6 is 11.6 Å². The van der Waals surface area contributed by atoms with E-state index in [-0.39, 0.29) is 0 Å². The molecule has 1 aromatic carbocycles. The molecule has 0 fully saturated rings. The average molecular weight is 347 g/mol. The molecule has 1 N–H and O–H groups in total. The molecule has 0 atom stereocenters. The number of anilines is 1. The zero-order valence-corrected chi connectivity index (χ0v) is 14.7. The highest BCUT2D eigenvalue weighted by Crippen LogP contribution is 2.18. The van der Waals surface area contributed by atoms with Crippen LogP contribution < -0.4 is 5.32 Å². The van der Waals surface area contributed by atoms with Crippen molar-refractivity contribution < 1.29 is 4.74 Å². The molecule has 128 valence electrons. The summed E-state index contributed by atoms with van der Waals surface area (Å²) in [6.45, 7) is 4.49. The number of halogens is 1. The van der Waals surface area contributed by atoms with Gasteiger partial charge in [0.25, 0.3) is 0 Å². The Labute approximate surface area is 148 Å². The number of methoxy groups -OCH3 is 1. The molecule has 5 nitrogen and oxygen atoms in total. The van der Waals surface area contributed by atoms with E-state index >= 15 is 0 Å². The summed E-state index contributed by atoms with van der Waals surface area (Å²) < 4.78 is 5.09. The highest BCUT2D eigenvalue weighted by molar-refractivity contribution is 6.29. The molecule has 0 saturated carbocycles. The number of aromatic nitrogens is 2. The Morgan fingerprint density at radius 2 is 2.08 bits per heavy atom. The monoisotopic (exact) mass is 346 g/mol. The van der Waals surface area contributed by atoms with Crippen molar-refractivity contribution in [3.63, 3.8) is 0 Å². The second-order valence-corrected chi connectivity index (χ2v) is 6.40. The zero-order chi connectivity index (χ0) is 16.8. The Balaban J connectivity index is 1.45. The predicted octanol–water partition coefficient (Wildman–Crippen LogP) is 3.14. The number of fused-ring (bicyclic) bond motifs is 1. The Morgan fingerprint density at radius 1 is 1.25 bits per heavy atom. The fourth-order valence-electron chi connectivity index (χ4n) is 3.01. The van der Waals surface area contributed by atoms with Gasteiger partial charge < -0.3 is 10.1 Å². The molecule has 24 heavy (non-hydrogen) atoms.